The highest BCUT2D eigenvalue weighted by Crippen LogP contribution is 2.08. The van der Waals surface area contributed by atoms with Gasteiger partial charge >= 0.3 is 0 Å². The molecule has 18 heavy (non-hydrogen) atoms. The molecule has 96 valence electrons. The molecule has 0 amide bonds. The molecular formula is C16H22N2. The van der Waals surface area contributed by atoms with Crippen LogP contribution in [0.15, 0.2) is 82.4 Å². The van der Waals surface area contributed by atoms with Crippen LogP contribution in [-0.2, 0) is 0 Å². The van der Waals surface area contributed by atoms with Crippen LogP contribution in [0.5, 0.6) is 0 Å². The highest BCUT2D eigenvalue weighted by Gasteiger charge is 1.89. The lowest BCUT2D eigenvalue weighted by molar-refractivity contribution is 1.11. The van der Waals surface area contributed by atoms with Crippen LogP contribution < -0.4 is 0 Å². The third-order valence-corrected chi connectivity index (χ3v) is 1.95. The van der Waals surface area contributed by atoms with E-state index < -0.39 is 0 Å². The average Bonchev–Trinajstić information content (AvgIpc) is 2.32. The molecule has 0 atom stereocenters. The molecule has 0 bridgehead atoms. The molecule has 2 heteroatoms. The van der Waals surface area contributed by atoms with Crippen molar-refractivity contribution in [2.45, 2.75) is 27.7 Å². The zero-order valence-electron chi connectivity index (χ0n) is 11.8. The molecule has 0 spiro atoms. The molecule has 0 aromatic carbocycles. The average molecular weight is 242 g/mol. The molecule has 2 nitrogen and oxygen atoms in total. The molecule has 0 heterocycles. The lowest BCUT2D eigenvalue weighted by Crippen LogP contribution is -1.74. The van der Waals surface area contributed by atoms with Crippen LogP contribution >= 0.6 is 0 Å². The summed E-state index contributed by atoms with van der Waals surface area (Å²) in [5.74, 6) is 0. The van der Waals surface area contributed by atoms with Gasteiger partial charge in [0.1, 0.15) is 0 Å². The van der Waals surface area contributed by atoms with Gasteiger partial charge in [0.15, 0.2) is 0 Å². The second kappa shape index (κ2) is 9.11. The summed E-state index contributed by atoms with van der Waals surface area (Å²) < 4.78 is 0. The third kappa shape index (κ3) is 8.22. The Labute approximate surface area is 111 Å². The Morgan fingerprint density at radius 1 is 0.722 bits per heavy atom. The van der Waals surface area contributed by atoms with Gasteiger partial charge < -0.3 is 0 Å². The topological polar surface area (TPSA) is 24.7 Å². The third-order valence-electron chi connectivity index (χ3n) is 1.95. The predicted molar refractivity (Wildman–Crippen MR) is 80.3 cm³/mol. The summed E-state index contributed by atoms with van der Waals surface area (Å²) in [5.41, 5.74) is 3.58. The Bertz CT molecular complexity index is 402. The number of rotatable bonds is 6. The van der Waals surface area contributed by atoms with E-state index in [-0.39, 0.29) is 0 Å². The van der Waals surface area contributed by atoms with E-state index in [1.807, 2.05) is 64.2 Å². The number of allylic oxidation sites excluding steroid dienone is 8. The fourth-order valence-electron chi connectivity index (χ4n) is 0.945. The van der Waals surface area contributed by atoms with E-state index in [0.29, 0.717) is 0 Å². The van der Waals surface area contributed by atoms with Crippen LogP contribution in [0, 0.1) is 0 Å². The van der Waals surface area contributed by atoms with E-state index in [0.717, 1.165) is 22.5 Å². The van der Waals surface area contributed by atoms with Crippen LogP contribution in [0.3, 0.4) is 0 Å². The van der Waals surface area contributed by atoms with Gasteiger partial charge in [0, 0.05) is 0 Å². The van der Waals surface area contributed by atoms with E-state index in [1.165, 1.54) is 0 Å². The smallest absolute Gasteiger partial charge is 0.0814 e. The minimum atomic E-state index is 0.807. The van der Waals surface area contributed by atoms with Crippen molar-refractivity contribution in [2.75, 3.05) is 0 Å². The molecule has 0 rings (SSSR count). The molecule has 0 aliphatic carbocycles. The predicted octanol–water partition coefficient (Wildman–Crippen LogP) is 5.51. The fourth-order valence-corrected chi connectivity index (χ4v) is 0.945. The molecule has 0 fully saturated rings. The zero-order valence-corrected chi connectivity index (χ0v) is 11.8. The van der Waals surface area contributed by atoms with Gasteiger partial charge in [0.05, 0.1) is 11.4 Å². The SMILES string of the molecule is C=C(C)/C=C\C(=C/C)N=NC(/C=C\C(=C)C)=C/C. The van der Waals surface area contributed by atoms with Gasteiger partial charge in [-0.2, -0.15) is 10.2 Å². The highest BCUT2D eigenvalue weighted by atomic mass is 15.1. The van der Waals surface area contributed by atoms with Crippen LogP contribution in [0.1, 0.15) is 27.7 Å². The van der Waals surface area contributed by atoms with Crippen LogP contribution in [0.2, 0.25) is 0 Å². The van der Waals surface area contributed by atoms with Crippen molar-refractivity contribution in [3.63, 3.8) is 0 Å². The molecule has 0 aromatic rings. The second-order valence-corrected chi connectivity index (χ2v) is 3.99. The number of azo groups is 1. The number of hydrogen-bond donors (Lipinski definition) is 0. The van der Waals surface area contributed by atoms with Crippen LogP contribution in [0.4, 0.5) is 0 Å². The summed E-state index contributed by atoms with van der Waals surface area (Å²) in [6, 6.07) is 0. The summed E-state index contributed by atoms with van der Waals surface area (Å²) in [6.07, 6.45) is 11.4. The minimum Gasteiger partial charge on any atom is -0.151 e. The molecule has 0 N–H and O–H groups in total. The largest absolute Gasteiger partial charge is 0.151 e. The van der Waals surface area contributed by atoms with Crippen molar-refractivity contribution in [3.8, 4) is 0 Å². The van der Waals surface area contributed by atoms with Crippen molar-refractivity contribution in [1.82, 2.24) is 0 Å². The number of hydrogen-bond acceptors (Lipinski definition) is 2. The number of nitrogens with zero attached hydrogens (tertiary/aromatic N) is 2. The first-order chi connectivity index (χ1) is 8.49. The van der Waals surface area contributed by atoms with Crippen molar-refractivity contribution in [3.05, 3.63) is 72.2 Å². The van der Waals surface area contributed by atoms with E-state index in [2.05, 4.69) is 23.4 Å². The quantitative estimate of drug-likeness (QED) is 0.433. The molecule has 0 aromatic heterocycles. The van der Waals surface area contributed by atoms with Gasteiger partial charge in [-0.25, -0.2) is 0 Å². The molecule has 0 saturated carbocycles. The maximum atomic E-state index is 4.17. The Hall–Kier alpha value is -1.96. The highest BCUT2D eigenvalue weighted by molar-refractivity contribution is 5.26. The van der Waals surface area contributed by atoms with Gasteiger partial charge in [0.2, 0.25) is 0 Å². The Morgan fingerprint density at radius 3 is 1.28 bits per heavy atom. The van der Waals surface area contributed by atoms with E-state index >= 15 is 0 Å². The Kier molecular flexibility index (Phi) is 8.12. The first-order valence-electron chi connectivity index (χ1n) is 5.91. The Balaban J connectivity index is 4.78. The Morgan fingerprint density at radius 2 is 1.06 bits per heavy atom. The van der Waals surface area contributed by atoms with Gasteiger partial charge in [-0.1, -0.05) is 48.6 Å². The molecule has 0 saturated heterocycles. The van der Waals surface area contributed by atoms with Crippen molar-refractivity contribution < 1.29 is 0 Å². The van der Waals surface area contributed by atoms with Gasteiger partial charge in [-0.05, 0) is 39.8 Å². The van der Waals surface area contributed by atoms with Gasteiger partial charge in [-0.3, -0.25) is 0 Å². The zero-order chi connectivity index (χ0) is 14.0. The molecule has 0 radical (unpaired) electrons. The minimum absolute atomic E-state index is 0.807. The standard InChI is InChI=1S/C16H22N2/c1-7-15(11-9-13(3)4)17-18-16(8-2)12-10-14(5)6/h7-12H,3,5H2,1-2,4,6H3/b11-9-,12-10-,15-7+,16-8+,18-17?. The lowest BCUT2D eigenvalue weighted by Gasteiger charge is -1.94. The van der Waals surface area contributed by atoms with Crippen molar-refractivity contribution in [2.24, 2.45) is 10.2 Å². The summed E-state index contributed by atoms with van der Waals surface area (Å²) in [7, 11) is 0. The maximum absolute atomic E-state index is 4.17. The molecule has 0 unspecified atom stereocenters. The second-order valence-electron chi connectivity index (χ2n) is 3.99. The fraction of sp³-hybridized carbons (Fsp3) is 0.250. The normalized spacial score (nSPS) is 14.0. The monoisotopic (exact) mass is 242 g/mol. The van der Waals surface area contributed by atoms with Gasteiger partial charge in [-0.15, -0.1) is 0 Å². The summed E-state index contributed by atoms with van der Waals surface area (Å²) in [6.45, 7) is 15.3. The summed E-state index contributed by atoms with van der Waals surface area (Å²) in [5, 5.41) is 8.34. The van der Waals surface area contributed by atoms with Gasteiger partial charge in [0.25, 0.3) is 0 Å². The lowest BCUT2D eigenvalue weighted by atomic mass is 10.3. The van der Waals surface area contributed by atoms with E-state index in [9.17, 15) is 0 Å². The molecule has 0 aliphatic heterocycles. The van der Waals surface area contributed by atoms with E-state index in [4.69, 9.17) is 0 Å². The maximum Gasteiger partial charge on any atom is 0.0814 e. The van der Waals surface area contributed by atoms with Crippen molar-refractivity contribution in [1.29, 1.82) is 0 Å². The molecule has 0 aliphatic rings. The first kappa shape index (κ1) is 16.0. The van der Waals surface area contributed by atoms with Crippen LogP contribution in [-0.4, -0.2) is 0 Å². The van der Waals surface area contributed by atoms with E-state index in [1.54, 1.807) is 0 Å². The molecular weight excluding hydrogens is 220 g/mol. The van der Waals surface area contributed by atoms with Crippen LogP contribution in [0.25, 0.3) is 0 Å². The summed E-state index contributed by atoms with van der Waals surface area (Å²) >= 11 is 0. The first-order valence-corrected chi connectivity index (χ1v) is 5.91. The summed E-state index contributed by atoms with van der Waals surface area (Å²) in [4.78, 5) is 0. The van der Waals surface area contributed by atoms with Crippen molar-refractivity contribution >= 4 is 0 Å².